The molecule has 0 atom stereocenters. The minimum absolute atomic E-state index is 0. The summed E-state index contributed by atoms with van der Waals surface area (Å²) in [5, 5.41) is 0. The van der Waals surface area contributed by atoms with Gasteiger partial charge < -0.3 is 13.5 Å². The summed E-state index contributed by atoms with van der Waals surface area (Å²) in [5.74, 6) is 0. The normalized spacial score (nSPS) is 9.11. The van der Waals surface area contributed by atoms with E-state index in [1.54, 1.807) is 0 Å². The van der Waals surface area contributed by atoms with E-state index in [4.69, 9.17) is 0 Å². The topological polar surface area (TPSA) is 52.6 Å². The molecule has 0 aliphatic rings. The molecule has 0 fully saturated rings. The van der Waals surface area contributed by atoms with Gasteiger partial charge in [-0.1, -0.05) is 0 Å². The van der Waals surface area contributed by atoms with Gasteiger partial charge in [-0.25, -0.2) is 0 Å². The molecule has 0 heterocycles. The summed E-state index contributed by atoms with van der Waals surface area (Å²) in [7, 11) is -1.60. The van der Waals surface area contributed by atoms with E-state index in [2.05, 4.69) is 8.37 Å². The van der Waals surface area contributed by atoms with Gasteiger partial charge in [0.15, 0.2) is 0 Å². The predicted octanol–water partition coefficient (Wildman–Crippen LogP) is -3.74. The third-order valence-electron chi connectivity index (χ3n) is 0.408. The molecule has 0 saturated heterocycles. The first-order chi connectivity index (χ1) is 3.12. The maximum atomic E-state index is 9.92. The van der Waals surface area contributed by atoms with Crippen LogP contribution in [0.1, 0.15) is 0 Å². The molecule has 0 unspecified atom stereocenters. The Morgan fingerprint density at radius 1 is 1.11 bits per heavy atom. The second-order valence-corrected chi connectivity index (χ2v) is 2.22. The first-order valence-corrected chi connectivity index (χ1v) is 2.82. The van der Waals surface area contributed by atoms with Crippen LogP contribution in [0.25, 0.3) is 0 Å². The zero-order valence-electron chi connectivity index (χ0n) is 5.49. The van der Waals surface area contributed by atoms with Crippen molar-refractivity contribution in [2.24, 2.45) is 0 Å². The SMILES string of the molecule is COS(=O)(=O)OC.[Na+].[SH-]. The quantitative estimate of drug-likeness (QED) is 0.249. The molecular weight excluding hydrogens is 175 g/mol. The Labute approximate surface area is 84.0 Å². The van der Waals surface area contributed by atoms with Gasteiger partial charge in [-0.05, 0) is 0 Å². The molecule has 0 amide bonds. The van der Waals surface area contributed by atoms with Gasteiger partial charge in [-0.2, -0.15) is 8.42 Å². The standard InChI is InChI=1S/C2H6O4S.Na.H2S/c1-5-7(3,4)6-2;;/h1-2H3;;1H2/q;+1;/p-1. The Hall–Kier alpha value is 1.22. The van der Waals surface area contributed by atoms with Crippen molar-refractivity contribution in [3.8, 4) is 0 Å². The van der Waals surface area contributed by atoms with Gasteiger partial charge in [0.05, 0.1) is 14.2 Å². The zero-order valence-corrected chi connectivity index (χ0v) is 9.20. The number of hydrogen-bond acceptors (Lipinski definition) is 5. The van der Waals surface area contributed by atoms with Crippen LogP contribution in [0.3, 0.4) is 0 Å². The molecule has 0 rings (SSSR count). The number of hydrogen-bond donors (Lipinski definition) is 0. The largest absolute Gasteiger partial charge is 1.00 e. The Morgan fingerprint density at radius 2 is 1.33 bits per heavy atom. The Bertz CT molecular complexity index is 120. The zero-order chi connectivity index (χ0) is 5.91. The van der Waals surface area contributed by atoms with Gasteiger partial charge in [0.25, 0.3) is 0 Å². The maximum absolute atomic E-state index is 9.92. The molecule has 0 radical (unpaired) electrons. The minimum Gasteiger partial charge on any atom is -0.813 e. The fourth-order valence-electron chi connectivity index (χ4n) is 0.0680. The second-order valence-electron chi connectivity index (χ2n) is 0.742. The van der Waals surface area contributed by atoms with Crippen molar-refractivity contribution in [1.29, 1.82) is 0 Å². The summed E-state index contributed by atoms with van der Waals surface area (Å²) in [5.41, 5.74) is 0. The van der Waals surface area contributed by atoms with Crippen molar-refractivity contribution in [2.75, 3.05) is 14.2 Å². The average Bonchev–Trinajstić information content (AvgIpc) is 1.68. The van der Waals surface area contributed by atoms with Crippen LogP contribution in [0, 0.1) is 0 Å². The van der Waals surface area contributed by atoms with Crippen molar-refractivity contribution in [3.05, 3.63) is 0 Å². The fourth-order valence-corrected chi connectivity index (χ4v) is 0.204. The van der Waals surface area contributed by atoms with Gasteiger partial charge in [-0.3, -0.25) is 8.37 Å². The summed E-state index contributed by atoms with van der Waals surface area (Å²) < 4.78 is 27.5. The van der Waals surface area contributed by atoms with E-state index < -0.39 is 10.4 Å². The molecule has 0 saturated carbocycles. The van der Waals surface area contributed by atoms with Gasteiger partial charge >= 0.3 is 40.0 Å². The molecule has 0 aliphatic heterocycles. The maximum Gasteiger partial charge on any atom is 1.00 e. The molecule has 0 aromatic carbocycles. The third kappa shape index (κ3) is 9.22. The van der Waals surface area contributed by atoms with E-state index in [0.29, 0.717) is 0 Å². The van der Waals surface area contributed by atoms with Crippen molar-refractivity contribution in [1.82, 2.24) is 0 Å². The average molecular weight is 182 g/mol. The molecule has 0 bridgehead atoms. The smallest absolute Gasteiger partial charge is 0.813 e. The van der Waals surface area contributed by atoms with Crippen LogP contribution in [-0.2, 0) is 32.3 Å². The van der Waals surface area contributed by atoms with E-state index in [1.807, 2.05) is 0 Å². The van der Waals surface area contributed by atoms with Crippen LogP contribution < -0.4 is 29.6 Å². The van der Waals surface area contributed by atoms with Crippen molar-refractivity contribution < 1.29 is 46.3 Å². The molecule has 0 spiro atoms. The molecule has 0 aliphatic carbocycles. The first kappa shape index (κ1) is 16.7. The van der Waals surface area contributed by atoms with Crippen molar-refractivity contribution in [2.45, 2.75) is 0 Å². The molecule has 52 valence electrons. The molecular formula is C2H7NaO4S2. The number of thiol groups is 1. The van der Waals surface area contributed by atoms with Crippen LogP contribution in [0.4, 0.5) is 0 Å². The van der Waals surface area contributed by atoms with Gasteiger partial charge in [-0.15, -0.1) is 0 Å². The van der Waals surface area contributed by atoms with Crippen LogP contribution in [-0.4, -0.2) is 22.6 Å². The summed E-state index contributed by atoms with van der Waals surface area (Å²) in [6.45, 7) is 0. The van der Waals surface area contributed by atoms with E-state index in [-0.39, 0.29) is 43.1 Å². The Morgan fingerprint density at radius 3 is 1.33 bits per heavy atom. The van der Waals surface area contributed by atoms with Gasteiger partial charge in [0, 0.05) is 0 Å². The molecule has 4 nitrogen and oxygen atoms in total. The fraction of sp³-hybridized carbons (Fsp3) is 1.00. The number of rotatable bonds is 2. The van der Waals surface area contributed by atoms with Crippen molar-refractivity contribution >= 4 is 23.9 Å². The molecule has 0 aromatic rings. The Balaban J connectivity index is -0.000000180. The van der Waals surface area contributed by atoms with Crippen molar-refractivity contribution in [3.63, 3.8) is 0 Å². The molecule has 9 heavy (non-hydrogen) atoms. The van der Waals surface area contributed by atoms with Gasteiger partial charge in [0.2, 0.25) is 0 Å². The van der Waals surface area contributed by atoms with Crippen LogP contribution in [0.15, 0.2) is 0 Å². The van der Waals surface area contributed by atoms with Gasteiger partial charge in [0.1, 0.15) is 0 Å². The summed E-state index contributed by atoms with van der Waals surface area (Å²) in [4.78, 5) is 0. The van der Waals surface area contributed by atoms with E-state index >= 15 is 0 Å². The summed E-state index contributed by atoms with van der Waals surface area (Å²) >= 11 is 0. The summed E-state index contributed by atoms with van der Waals surface area (Å²) in [6.07, 6.45) is 0. The molecule has 0 aromatic heterocycles. The van der Waals surface area contributed by atoms with Crippen LogP contribution in [0.2, 0.25) is 0 Å². The van der Waals surface area contributed by atoms with E-state index in [1.165, 1.54) is 0 Å². The molecule has 0 N–H and O–H groups in total. The minimum atomic E-state index is -3.66. The summed E-state index contributed by atoms with van der Waals surface area (Å²) in [6, 6.07) is 0. The second kappa shape index (κ2) is 7.33. The third-order valence-corrected chi connectivity index (χ3v) is 1.22. The Kier molecular flexibility index (Phi) is 13.6. The monoisotopic (exact) mass is 182 g/mol. The van der Waals surface area contributed by atoms with Crippen LogP contribution >= 0.6 is 0 Å². The molecule has 7 heteroatoms. The van der Waals surface area contributed by atoms with E-state index in [0.717, 1.165) is 14.2 Å². The predicted molar refractivity (Wildman–Crippen MR) is 31.7 cm³/mol. The first-order valence-electron chi connectivity index (χ1n) is 1.48. The van der Waals surface area contributed by atoms with E-state index in [9.17, 15) is 8.42 Å². The van der Waals surface area contributed by atoms with Crippen LogP contribution in [0.5, 0.6) is 0 Å².